The molecule has 4 aromatic rings. The molecule has 2 heterocycles. The van der Waals surface area contributed by atoms with Gasteiger partial charge in [-0.15, -0.1) is 0 Å². The monoisotopic (exact) mass is 471 g/mol. The average Bonchev–Trinajstić information content (AvgIpc) is 3.47. The number of nitrogens with zero attached hydrogens (tertiary/aromatic N) is 3. The van der Waals surface area contributed by atoms with E-state index in [4.69, 9.17) is 19.2 Å². The molecular formula is C28H29N3O4. The van der Waals surface area contributed by atoms with Crippen LogP contribution in [-0.2, 0) is 11.3 Å². The Morgan fingerprint density at radius 3 is 2.49 bits per heavy atom. The number of methoxy groups -OCH3 is 2. The van der Waals surface area contributed by atoms with Gasteiger partial charge in [0, 0.05) is 37.2 Å². The lowest BCUT2D eigenvalue weighted by Gasteiger charge is -2.18. The number of aromatic nitrogens is 2. The molecule has 1 aliphatic heterocycles. The van der Waals surface area contributed by atoms with Gasteiger partial charge in [0.2, 0.25) is 5.91 Å². The molecule has 3 aromatic carbocycles. The minimum absolute atomic E-state index is 0.0244. The molecule has 0 spiro atoms. The summed E-state index contributed by atoms with van der Waals surface area (Å²) < 4.78 is 18.7. The van der Waals surface area contributed by atoms with Crippen molar-refractivity contribution in [3.05, 3.63) is 78.6 Å². The SMILES string of the molecule is COc1ccc(N2CC(c3nc4ccccc4n3CCCOc3cccc(OC)c3)CC2=O)cc1. The van der Waals surface area contributed by atoms with Gasteiger partial charge >= 0.3 is 0 Å². The van der Waals surface area contributed by atoms with Crippen LogP contribution in [0.4, 0.5) is 5.69 Å². The Bertz CT molecular complexity index is 1320. The van der Waals surface area contributed by atoms with Gasteiger partial charge in [-0.3, -0.25) is 4.79 Å². The number of carbonyl (C=O) groups is 1. The van der Waals surface area contributed by atoms with Gasteiger partial charge in [0.15, 0.2) is 0 Å². The number of fused-ring (bicyclic) bond motifs is 1. The average molecular weight is 472 g/mol. The summed E-state index contributed by atoms with van der Waals surface area (Å²) in [5.41, 5.74) is 2.92. The summed E-state index contributed by atoms with van der Waals surface area (Å²) in [5.74, 6) is 3.43. The first-order chi connectivity index (χ1) is 17.2. The van der Waals surface area contributed by atoms with Crippen LogP contribution in [0.25, 0.3) is 11.0 Å². The Morgan fingerprint density at radius 1 is 0.914 bits per heavy atom. The van der Waals surface area contributed by atoms with Crippen molar-refractivity contribution in [2.45, 2.75) is 25.3 Å². The van der Waals surface area contributed by atoms with Gasteiger partial charge in [0.25, 0.3) is 0 Å². The van der Waals surface area contributed by atoms with Crippen LogP contribution in [0.1, 0.15) is 24.6 Å². The predicted octanol–water partition coefficient (Wildman–Crippen LogP) is 5.04. The molecule has 1 fully saturated rings. The summed E-state index contributed by atoms with van der Waals surface area (Å²) in [4.78, 5) is 19.7. The molecule has 1 aliphatic rings. The number of amides is 1. The smallest absolute Gasteiger partial charge is 0.227 e. The van der Waals surface area contributed by atoms with Crippen LogP contribution in [0, 0.1) is 0 Å². The second-order valence-electron chi connectivity index (χ2n) is 8.59. The first-order valence-electron chi connectivity index (χ1n) is 11.8. The molecule has 0 aliphatic carbocycles. The highest BCUT2D eigenvalue weighted by molar-refractivity contribution is 5.96. The molecule has 1 aromatic heterocycles. The van der Waals surface area contributed by atoms with E-state index in [0.29, 0.717) is 19.6 Å². The van der Waals surface area contributed by atoms with Crippen molar-refractivity contribution in [2.24, 2.45) is 0 Å². The highest BCUT2D eigenvalue weighted by atomic mass is 16.5. The molecule has 7 heteroatoms. The van der Waals surface area contributed by atoms with Crippen LogP contribution in [0.5, 0.6) is 17.2 Å². The van der Waals surface area contributed by atoms with E-state index in [1.165, 1.54) is 0 Å². The number of anilines is 1. The minimum Gasteiger partial charge on any atom is -0.497 e. The lowest BCUT2D eigenvalue weighted by molar-refractivity contribution is -0.117. The maximum Gasteiger partial charge on any atom is 0.227 e. The Hall–Kier alpha value is -4.00. The van der Waals surface area contributed by atoms with Gasteiger partial charge in [0.05, 0.1) is 31.9 Å². The minimum atomic E-state index is 0.0244. The Balaban J connectivity index is 1.32. The van der Waals surface area contributed by atoms with E-state index in [9.17, 15) is 4.79 Å². The summed E-state index contributed by atoms with van der Waals surface area (Å²) in [5, 5.41) is 0. The molecule has 35 heavy (non-hydrogen) atoms. The largest absolute Gasteiger partial charge is 0.497 e. The molecule has 0 N–H and O–H groups in total. The number of hydrogen-bond donors (Lipinski definition) is 0. The normalized spacial score (nSPS) is 15.5. The standard InChI is InChI=1S/C28H29N3O4/c1-33-22-13-11-21(12-14-22)31-19-20(17-27(31)32)28-29-25-9-3-4-10-26(25)30(28)15-6-16-35-24-8-5-7-23(18-24)34-2/h3-5,7-14,18,20H,6,15-17,19H2,1-2H3. The quantitative estimate of drug-likeness (QED) is 0.320. The zero-order valence-corrected chi connectivity index (χ0v) is 20.0. The Labute approximate surface area is 204 Å². The van der Waals surface area contributed by atoms with Crippen LogP contribution < -0.4 is 19.1 Å². The van der Waals surface area contributed by atoms with E-state index in [2.05, 4.69) is 10.6 Å². The van der Waals surface area contributed by atoms with Crippen LogP contribution in [0.3, 0.4) is 0 Å². The van der Waals surface area contributed by atoms with Crippen LogP contribution in [-0.4, -0.2) is 42.8 Å². The number of aryl methyl sites for hydroxylation is 1. The lowest BCUT2D eigenvalue weighted by atomic mass is 10.1. The molecule has 1 unspecified atom stereocenters. The number of benzene rings is 3. The van der Waals surface area contributed by atoms with Gasteiger partial charge in [-0.1, -0.05) is 18.2 Å². The van der Waals surface area contributed by atoms with E-state index in [1.807, 2.05) is 71.6 Å². The number of imidazole rings is 1. The highest BCUT2D eigenvalue weighted by Crippen LogP contribution is 2.34. The molecule has 5 rings (SSSR count). The summed E-state index contributed by atoms with van der Waals surface area (Å²) in [6.07, 6.45) is 1.25. The summed E-state index contributed by atoms with van der Waals surface area (Å²) >= 11 is 0. The molecule has 1 saturated heterocycles. The second kappa shape index (κ2) is 10.1. The third-order valence-corrected chi connectivity index (χ3v) is 6.39. The first kappa shape index (κ1) is 22.8. The van der Waals surface area contributed by atoms with Crippen LogP contribution in [0.15, 0.2) is 72.8 Å². The summed E-state index contributed by atoms with van der Waals surface area (Å²) in [6.45, 7) is 1.93. The first-order valence-corrected chi connectivity index (χ1v) is 11.8. The number of carbonyl (C=O) groups excluding carboxylic acids is 1. The van der Waals surface area contributed by atoms with Gasteiger partial charge in [-0.2, -0.15) is 0 Å². The summed E-state index contributed by atoms with van der Waals surface area (Å²) in [7, 11) is 3.28. The fraction of sp³-hybridized carbons (Fsp3) is 0.286. The van der Waals surface area contributed by atoms with E-state index in [0.717, 1.165) is 52.8 Å². The van der Waals surface area contributed by atoms with Crippen molar-refractivity contribution in [2.75, 3.05) is 32.3 Å². The number of hydrogen-bond acceptors (Lipinski definition) is 5. The third kappa shape index (κ3) is 4.80. The van der Waals surface area contributed by atoms with Crippen molar-refractivity contribution in [1.82, 2.24) is 9.55 Å². The van der Waals surface area contributed by atoms with E-state index < -0.39 is 0 Å². The number of ether oxygens (including phenoxy) is 3. The van der Waals surface area contributed by atoms with Crippen molar-refractivity contribution in [3.8, 4) is 17.2 Å². The molecule has 0 saturated carbocycles. The zero-order chi connectivity index (χ0) is 24.2. The van der Waals surface area contributed by atoms with Crippen molar-refractivity contribution < 1.29 is 19.0 Å². The van der Waals surface area contributed by atoms with E-state index in [1.54, 1.807) is 14.2 Å². The maximum absolute atomic E-state index is 12.9. The maximum atomic E-state index is 12.9. The van der Waals surface area contributed by atoms with Gasteiger partial charge in [0.1, 0.15) is 23.1 Å². The van der Waals surface area contributed by atoms with Gasteiger partial charge in [-0.25, -0.2) is 4.98 Å². The molecule has 180 valence electrons. The molecular weight excluding hydrogens is 442 g/mol. The molecule has 1 amide bonds. The second-order valence-corrected chi connectivity index (χ2v) is 8.59. The highest BCUT2D eigenvalue weighted by Gasteiger charge is 2.34. The van der Waals surface area contributed by atoms with Crippen molar-refractivity contribution >= 4 is 22.6 Å². The predicted molar refractivity (Wildman–Crippen MR) is 136 cm³/mol. The summed E-state index contributed by atoms with van der Waals surface area (Å²) in [6, 6.07) is 23.4. The van der Waals surface area contributed by atoms with Gasteiger partial charge < -0.3 is 23.7 Å². The number of para-hydroxylation sites is 2. The zero-order valence-electron chi connectivity index (χ0n) is 20.0. The van der Waals surface area contributed by atoms with E-state index in [-0.39, 0.29) is 11.8 Å². The van der Waals surface area contributed by atoms with Gasteiger partial charge in [-0.05, 0) is 55.0 Å². The topological polar surface area (TPSA) is 65.8 Å². The fourth-order valence-electron chi connectivity index (χ4n) is 4.64. The molecule has 7 nitrogen and oxygen atoms in total. The third-order valence-electron chi connectivity index (χ3n) is 6.39. The van der Waals surface area contributed by atoms with Crippen molar-refractivity contribution in [1.29, 1.82) is 0 Å². The molecule has 0 radical (unpaired) electrons. The number of rotatable bonds is 9. The molecule has 0 bridgehead atoms. The Morgan fingerprint density at radius 2 is 1.69 bits per heavy atom. The van der Waals surface area contributed by atoms with E-state index >= 15 is 0 Å². The van der Waals surface area contributed by atoms with Crippen LogP contribution >= 0.6 is 0 Å². The fourth-order valence-corrected chi connectivity index (χ4v) is 4.64. The Kier molecular flexibility index (Phi) is 6.57. The lowest BCUT2D eigenvalue weighted by Crippen LogP contribution is -2.24. The van der Waals surface area contributed by atoms with Crippen LogP contribution in [0.2, 0.25) is 0 Å². The molecule has 1 atom stereocenters. The van der Waals surface area contributed by atoms with Crippen molar-refractivity contribution in [3.63, 3.8) is 0 Å².